The molecule has 2 heteroatoms. The first-order valence-electron chi connectivity index (χ1n) is 4.59. The van der Waals surface area contributed by atoms with Gasteiger partial charge >= 0.3 is 0 Å². The summed E-state index contributed by atoms with van der Waals surface area (Å²) in [6.45, 7) is 7.15. The molecular weight excluding hydrogens is 138 g/mol. The summed E-state index contributed by atoms with van der Waals surface area (Å²) in [4.78, 5) is 0. The molecule has 68 valence electrons. The van der Waals surface area contributed by atoms with Gasteiger partial charge in [0.05, 0.1) is 6.10 Å². The number of nitrogens with two attached hydrogens (primary N) is 1. The summed E-state index contributed by atoms with van der Waals surface area (Å²) < 4.78 is 5.51. The van der Waals surface area contributed by atoms with Crippen molar-refractivity contribution in [2.24, 2.45) is 5.73 Å². The molecule has 0 saturated heterocycles. The molecule has 2 unspecified atom stereocenters. The van der Waals surface area contributed by atoms with E-state index in [0.717, 1.165) is 19.4 Å². The van der Waals surface area contributed by atoms with E-state index in [2.05, 4.69) is 13.8 Å². The van der Waals surface area contributed by atoms with Gasteiger partial charge in [-0.15, -0.1) is 0 Å². The van der Waals surface area contributed by atoms with Gasteiger partial charge in [0.15, 0.2) is 0 Å². The molecule has 11 heavy (non-hydrogen) atoms. The summed E-state index contributed by atoms with van der Waals surface area (Å²) in [7, 11) is 0. The smallest absolute Gasteiger partial charge is 0.0697 e. The van der Waals surface area contributed by atoms with Gasteiger partial charge in [0.2, 0.25) is 0 Å². The zero-order chi connectivity index (χ0) is 8.69. The number of rotatable bonds is 6. The van der Waals surface area contributed by atoms with Crippen molar-refractivity contribution in [2.45, 2.75) is 52.2 Å². The third-order valence-electron chi connectivity index (χ3n) is 1.95. The normalized spacial score (nSPS) is 16.4. The summed E-state index contributed by atoms with van der Waals surface area (Å²) in [5.41, 5.74) is 5.77. The first-order valence-corrected chi connectivity index (χ1v) is 4.59. The predicted octanol–water partition coefficient (Wildman–Crippen LogP) is 1.93. The monoisotopic (exact) mass is 159 g/mol. The van der Waals surface area contributed by atoms with Crippen LogP contribution in [0, 0.1) is 0 Å². The van der Waals surface area contributed by atoms with Gasteiger partial charge in [0.1, 0.15) is 0 Å². The van der Waals surface area contributed by atoms with E-state index in [1.165, 1.54) is 6.42 Å². The fraction of sp³-hybridized carbons (Fsp3) is 1.00. The van der Waals surface area contributed by atoms with E-state index in [1.807, 2.05) is 6.92 Å². The van der Waals surface area contributed by atoms with Crippen molar-refractivity contribution in [1.82, 2.24) is 0 Å². The standard InChI is InChI=1S/C9H21NO/c1-4-6-7-11-8(3)9(10)5-2/h8-9H,4-7,10H2,1-3H3. The predicted molar refractivity (Wildman–Crippen MR) is 48.6 cm³/mol. The van der Waals surface area contributed by atoms with Crippen molar-refractivity contribution >= 4 is 0 Å². The summed E-state index contributed by atoms with van der Waals surface area (Å²) in [6, 6.07) is 0.201. The van der Waals surface area contributed by atoms with Crippen LogP contribution in [0.5, 0.6) is 0 Å². The van der Waals surface area contributed by atoms with Crippen LogP contribution in [-0.4, -0.2) is 18.8 Å². The lowest BCUT2D eigenvalue weighted by molar-refractivity contribution is 0.0457. The molecule has 0 fully saturated rings. The Hall–Kier alpha value is -0.0800. The minimum Gasteiger partial charge on any atom is -0.377 e. The maximum Gasteiger partial charge on any atom is 0.0697 e. The minimum atomic E-state index is 0.201. The van der Waals surface area contributed by atoms with E-state index in [0.29, 0.717) is 0 Å². The van der Waals surface area contributed by atoms with E-state index < -0.39 is 0 Å². The van der Waals surface area contributed by atoms with Crippen LogP contribution in [0.15, 0.2) is 0 Å². The Morgan fingerprint density at radius 2 is 2.00 bits per heavy atom. The van der Waals surface area contributed by atoms with E-state index in [9.17, 15) is 0 Å². The van der Waals surface area contributed by atoms with Crippen LogP contribution in [0.25, 0.3) is 0 Å². The molecule has 0 rings (SSSR count). The molecule has 0 aliphatic rings. The molecule has 2 nitrogen and oxygen atoms in total. The van der Waals surface area contributed by atoms with E-state index >= 15 is 0 Å². The van der Waals surface area contributed by atoms with Crippen LogP contribution in [0.1, 0.15) is 40.0 Å². The van der Waals surface area contributed by atoms with Gasteiger partial charge in [-0.25, -0.2) is 0 Å². The van der Waals surface area contributed by atoms with E-state index in [1.54, 1.807) is 0 Å². The number of hydrogen-bond acceptors (Lipinski definition) is 2. The second-order valence-corrected chi connectivity index (χ2v) is 3.00. The van der Waals surface area contributed by atoms with Crippen LogP contribution in [-0.2, 0) is 4.74 Å². The molecular formula is C9H21NO. The molecule has 0 aromatic carbocycles. The van der Waals surface area contributed by atoms with Gasteiger partial charge in [-0.05, 0) is 19.8 Å². The Labute approximate surface area is 70.1 Å². The van der Waals surface area contributed by atoms with Crippen molar-refractivity contribution in [3.05, 3.63) is 0 Å². The number of ether oxygens (including phenoxy) is 1. The van der Waals surface area contributed by atoms with Gasteiger partial charge < -0.3 is 10.5 Å². The van der Waals surface area contributed by atoms with Crippen LogP contribution >= 0.6 is 0 Å². The van der Waals surface area contributed by atoms with E-state index in [-0.39, 0.29) is 12.1 Å². The van der Waals surface area contributed by atoms with Gasteiger partial charge in [-0.3, -0.25) is 0 Å². The third kappa shape index (κ3) is 5.22. The number of unbranched alkanes of at least 4 members (excludes halogenated alkanes) is 1. The maximum absolute atomic E-state index is 5.77. The maximum atomic E-state index is 5.77. The highest BCUT2D eigenvalue weighted by atomic mass is 16.5. The van der Waals surface area contributed by atoms with Crippen LogP contribution in [0.2, 0.25) is 0 Å². The topological polar surface area (TPSA) is 35.2 Å². The highest BCUT2D eigenvalue weighted by Crippen LogP contribution is 2.01. The Kier molecular flexibility index (Phi) is 6.57. The summed E-state index contributed by atoms with van der Waals surface area (Å²) in [5, 5.41) is 0. The molecule has 0 aliphatic carbocycles. The zero-order valence-electron chi connectivity index (χ0n) is 7.97. The molecule has 2 atom stereocenters. The molecule has 0 aromatic heterocycles. The molecule has 0 aliphatic heterocycles. The van der Waals surface area contributed by atoms with Crippen LogP contribution < -0.4 is 5.73 Å². The lowest BCUT2D eigenvalue weighted by atomic mass is 10.1. The van der Waals surface area contributed by atoms with Crippen molar-refractivity contribution in [2.75, 3.05) is 6.61 Å². The summed E-state index contributed by atoms with van der Waals surface area (Å²) >= 11 is 0. The minimum absolute atomic E-state index is 0.201. The third-order valence-corrected chi connectivity index (χ3v) is 1.95. The average Bonchev–Trinajstić information content (AvgIpc) is 2.03. The second kappa shape index (κ2) is 6.62. The van der Waals surface area contributed by atoms with Crippen LogP contribution in [0.4, 0.5) is 0 Å². The van der Waals surface area contributed by atoms with Gasteiger partial charge in [-0.1, -0.05) is 20.3 Å². The second-order valence-electron chi connectivity index (χ2n) is 3.00. The fourth-order valence-corrected chi connectivity index (χ4v) is 0.869. The number of hydrogen-bond donors (Lipinski definition) is 1. The van der Waals surface area contributed by atoms with Crippen molar-refractivity contribution in [1.29, 1.82) is 0 Å². The summed E-state index contributed by atoms with van der Waals surface area (Å²) in [6.07, 6.45) is 3.54. The summed E-state index contributed by atoms with van der Waals surface area (Å²) in [5.74, 6) is 0. The lowest BCUT2D eigenvalue weighted by Crippen LogP contribution is -2.33. The molecule has 0 saturated carbocycles. The Morgan fingerprint density at radius 3 is 2.45 bits per heavy atom. The quantitative estimate of drug-likeness (QED) is 0.601. The van der Waals surface area contributed by atoms with Gasteiger partial charge in [-0.2, -0.15) is 0 Å². The van der Waals surface area contributed by atoms with E-state index in [4.69, 9.17) is 10.5 Å². The van der Waals surface area contributed by atoms with Crippen LogP contribution in [0.3, 0.4) is 0 Å². The Morgan fingerprint density at radius 1 is 1.36 bits per heavy atom. The molecule has 0 amide bonds. The molecule has 0 radical (unpaired) electrons. The highest BCUT2D eigenvalue weighted by molar-refractivity contribution is 4.66. The largest absolute Gasteiger partial charge is 0.377 e. The first kappa shape index (κ1) is 10.9. The molecule has 0 heterocycles. The molecule has 2 N–H and O–H groups in total. The molecule has 0 bridgehead atoms. The SMILES string of the molecule is CCCCOC(C)C(N)CC. The lowest BCUT2D eigenvalue weighted by Gasteiger charge is -2.18. The van der Waals surface area contributed by atoms with Crippen molar-refractivity contribution < 1.29 is 4.74 Å². The first-order chi connectivity index (χ1) is 5.22. The van der Waals surface area contributed by atoms with Crippen molar-refractivity contribution in [3.8, 4) is 0 Å². The Balaban J connectivity index is 3.28. The van der Waals surface area contributed by atoms with Gasteiger partial charge in [0.25, 0.3) is 0 Å². The van der Waals surface area contributed by atoms with Gasteiger partial charge in [0, 0.05) is 12.6 Å². The zero-order valence-corrected chi connectivity index (χ0v) is 7.97. The molecule has 0 aromatic rings. The molecule has 0 spiro atoms. The average molecular weight is 159 g/mol. The van der Waals surface area contributed by atoms with Crippen molar-refractivity contribution in [3.63, 3.8) is 0 Å². The Bertz CT molecular complexity index is 85.6. The fourth-order valence-electron chi connectivity index (χ4n) is 0.869. The highest BCUT2D eigenvalue weighted by Gasteiger charge is 2.09.